The number of carboxylic acid groups (broad SMARTS) is 2. The van der Waals surface area contributed by atoms with E-state index in [4.69, 9.17) is 15.9 Å². The number of hydrogen-bond acceptors (Lipinski definition) is 7. The van der Waals surface area contributed by atoms with E-state index >= 15 is 0 Å². The third-order valence-electron chi connectivity index (χ3n) is 4.22. The molecule has 0 aliphatic heterocycles. The number of carboxylic acids is 2. The number of nitrogens with two attached hydrogens (primary N) is 1. The third kappa shape index (κ3) is 8.70. The molecule has 4 unspecified atom stereocenters. The van der Waals surface area contributed by atoms with Crippen molar-refractivity contribution in [2.24, 2.45) is 5.73 Å². The predicted octanol–water partition coefficient (Wildman–Crippen LogP) is -1.68. The van der Waals surface area contributed by atoms with Crippen molar-refractivity contribution in [3.05, 3.63) is 29.8 Å². The molecule has 0 saturated heterocycles. The van der Waals surface area contributed by atoms with Crippen LogP contribution < -0.4 is 21.7 Å². The Kier molecular flexibility index (Phi) is 9.41. The van der Waals surface area contributed by atoms with Crippen molar-refractivity contribution < 1.29 is 39.3 Å². The van der Waals surface area contributed by atoms with Crippen LogP contribution in [0.15, 0.2) is 24.3 Å². The van der Waals surface area contributed by atoms with Crippen molar-refractivity contribution in [3.8, 4) is 5.75 Å². The second-order valence-electron chi connectivity index (χ2n) is 6.93. The molecule has 0 aliphatic carbocycles. The van der Waals surface area contributed by atoms with Crippen molar-refractivity contribution in [3.63, 3.8) is 0 Å². The second-order valence-corrected chi connectivity index (χ2v) is 6.93. The monoisotopic (exact) mass is 438 g/mol. The van der Waals surface area contributed by atoms with Gasteiger partial charge in [-0.05, 0) is 31.5 Å². The number of hydrogen-bond donors (Lipinski definition) is 7. The minimum atomic E-state index is -1.36. The molecule has 12 nitrogen and oxygen atoms in total. The molecule has 1 aromatic carbocycles. The summed E-state index contributed by atoms with van der Waals surface area (Å²) in [5, 5.41) is 34.0. The van der Waals surface area contributed by atoms with E-state index in [2.05, 4.69) is 16.0 Å². The zero-order valence-electron chi connectivity index (χ0n) is 17.0. The van der Waals surface area contributed by atoms with Gasteiger partial charge in [0.25, 0.3) is 0 Å². The van der Waals surface area contributed by atoms with Crippen molar-refractivity contribution in [1.82, 2.24) is 16.0 Å². The number of aliphatic carboxylic acids is 2. The molecule has 0 aliphatic rings. The van der Waals surface area contributed by atoms with Gasteiger partial charge in [-0.1, -0.05) is 12.1 Å². The summed E-state index contributed by atoms with van der Waals surface area (Å²) in [4.78, 5) is 58.6. The fourth-order valence-electron chi connectivity index (χ4n) is 2.42. The number of amides is 3. The summed E-state index contributed by atoms with van der Waals surface area (Å²) in [6.07, 6.45) is -0.650. The lowest BCUT2D eigenvalue weighted by Crippen LogP contribution is -2.56. The number of aromatic hydroxyl groups is 1. The average molecular weight is 438 g/mol. The van der Waals surface area contributed by atoms with E-state index in [1.165, 1.54) is 38.1 Å². The van der Waals surface area contributed by atoms with Crippen LogP contribution in [-0.2, 0) is 30.4 Å². The van der Waals surface area contributed by atoms with Gasteiger partial charge in [-0.2, -0.15) is 0 Å². The molecule has 1 aromatic rings. The Morgan fingerprint density at radius 3 is 1.94 bits per heavy atom. The molecule has 0 fully saturated rings. The van der Waals surface area contributed by atoms with Crippen LogP contribution in [0.4, 0.5) is 0 Å². The molecule has 170 valence electrons. The number of carbonyl (C=O) groups excluding carboxylic acids is 3. The van der Waals surface area contributed by atoms with Gasteiger partial charge in [0, 0.05) is 6.42 Å². The van der Waals surface area contributed by atoms with Crippen LogP contribution in [-0.4, -0.2) is 69.1 Å². The van der Waals surface area contributed by atoms with Gasteiger partial charge in [-0.15, -0.1) is 0 Å². The number of benzene rings is 1. The Morgan fingerprint density at radius 1 is 0.871 bits per heavy atom. The minimum absolute atomic E-state index is 0.00215. The number of phenols is 1. The zero-order chi connectivity index (χ0) is 23.7. The Hall–Kier alpha value is -3.67. The van der Waals surface area contributed by atoms with Crippen LogP contribution >= 0.6 is 0 Å². The number of phenolic OH excluding ortho intramolecular Hbond substituents is 1. The Balaban J connectivity index is 2.88. The Bertz CT molecular complexity index is 827. The average Bonchev–Trinajstić information content (AvgIpc) is 2.68. The maximum atomic E-state index is 12.5. The van der Waals surface area contributed by atoms with Crippen molar-refractivity contribution >= 4 is 29.7 Å². The van der Waals surface area contributed by atoms with Crippen LogP contribution in [0.5, 0.6) is 5.75 Å². The van der Waals surface area contributed by atoms with Crippen LogP contribution in [0.2, 0.25) is 0 Å². The van der Waals surface area contributed by atoms with E-state index in [9.17, 15) is 29.1 Å². The number of carbonyl (C=O) groups is 5. The van der Waals surface area contributed by atoms with Gasteiger partial charge in [-0.3, -0.25) is 24.0 Å². The van der Waals surface area contributed by atoms with Crippen LogP contribution in [0.1, 0.15) is 25.8 Å². The zero-order valence-corrected chi connectivity index (χ0v) is 17.0. The van der Waals surface area contributed by atoms with Gasteiger partial charge in [0.05, 0.1) is 12.5 Å². The number of nitrogens with one attached hydrogen (secondary N) is 3. The molecule has 0 spiro atoms. The normalized spacial score (nSPS) is 14.4. The molecular formula is C19H26N4O8. The lowest BCUT2D eigenvalue weighted by molar-refractivity contribution is -0.141. The van der Waals surface area contributed by atoms with Crippen molar-refractivity contribution in [1.29, 1.82) is 0 Å². The van der Waals surface area contributed by atoms with Gasteiger partial charge < -0.3 is 37.0 Å². The van der Waals surface area contributed by atoms with Gasteiger partial charge in [-0.25, -0.2) is 0 Å². The van der Waals surface area contributed by atoms with E-state index in [1.807, 2.05) is 0 Å². The van der Waals surface area contributed by atoms with Crippen molar-refractivity contribution in [2.75, 3.05) is 0 Å². The van der Waals surface area contributed by atoms with Gasteiger partial charge >= 0.3 is 11.9 Å². The standard InChI is InChI=1S/C19H26N4O8/c1-9(21-17(28)13(20)8-15(25)26)16(27)23-14(18(29)22-10(2)19(30)31)7-11-3-5-12(24)6-4-11/h3-6,9-10,13-14,24H,7-8,20H2,1-2H3,(H,21,28)(H,22,29)(H,23,27)(H,25,26)(H,30,31). The summed E-state index contributed by atoms with van der Waals surface area (Å²) < 4.78 is 0. The van der Waals surface area contributed by atoms with Gasteiger partial charge in [0.2, 0.25) is 17.7 Å². The van der Waals surface area contributed by atoms with E-state index in [1.54, 1.807) is 0 Å². The number of rotatable bonds is 11. The van der Waals surface area contributed by atoms with Gasteiger partial charge in [0.1, 0.15) is 23.9 Å². The Labute approximate surface area is 177 Å². The molecule has 3 amide bonds. The maximum absolute atomic E-state index is 12.5. The molecule has 0 radical (unpaired) electrons. The molecule has 1 rings (SSSR count). The largest absolute Gasteiger partial charge is 0.508 e. The highest BCUT2D eigenvalue weighted by molar-refractivity contribution is 5.94. The van der Waals surface area contributed by atoms with E-state index in [-0.39, 0.29) is 12.2 Å². The maximum Gasteiger partial charge on any atom is 0.325 e. The fourth-order valence-corrected chi connectivity index (χ4v) is 2.42. The SMILES string of the molecule is CC(NC(=O)C(Cc1ccc(O)cc1)NC(=O)C(C)NC(=O)C(N)CC(=O)O)C(=O)O. The second kappa shape index (κ2) is 11.5. The predicted molar refractivity (Wildman–Crippen MR) is 107 cm³/mol. The van der Waals surface area contributed by atoms with E-state index in [0.717, 1.165) is 0 Å². The highest BCUT2D eigenvalue weighted by Crippen LogP contribution is 2.12. The molecular weight excluding hydrogens is 412 g/mol. The summed E-state index contributed by atoms with van der Waals surface area (Å²) in [6.45, 7) is 2.57. The first kappa shape index (κ1) is 25.4. The summed E-state index contributed by atoms with van der Waals surface area (Å²) in [5.41, 5.74) is 6.02. The molecule has 0 saturated carbocycles. The quantitative estimate of drug-likeness (QED) is 0.210. The first-order valence-corrected chi connectivity index (χ1v) is 9.30. The minimum Gasteiger partial charge on any atom is -0.508 e. The first-order valence-electron chi connectivity index (χ1n) is 9.30. The van der Waals surface area contributed by atoms with Crippen molar-refractivity contribution in [2.45, 2.75) is 50.9 Å². The topological polar surface area (TPSA) is 208 Å². The third-order valence-corrected chi connectivity index (χ3v) is 4.22. The fraction of sp³-hybridized carbons (Fsp3) is 0.421. The summed E-state index contributed by atoms with van der Waals surface area (Å²) >= 11 is 0. The molecule has 4 atom stereocenters. The summed E-state index contributed by atoms with van der Waals surface area (Å²) in [7, 11) is 0. The van der Waals surface area contributed by atoms with E-state index < -0.39 is 60.2 Å². The van der Waals surface area contributed by atoms with Crippen LogP contribution in [0, 0.1) is 0 Å². The molecule has 0 heterocycles. The van der Waals surface area contributed by atoms with Gasteiger partial charge in [0.15, 0.2) is 0 Å². The molecule has 31 heavy (non-hydrogen) atoms. The first-order chi connectivity index (χ1) is 14.4. The Morgan fingerprint density at radius 2 is 1.42 bits per heavy atom. The lowest BCUT2D eigenvalue weighted by Gasteiger charge is -2.23. The lowest BCUT2D eigenvalue weighted by atomic mass is 10.0. The molecule has 8 N–H and O–H groups in total. The highest BCUT2D eigenvalue weighted by Gasteiger charge is 2.28. The summed E-state index contributed by atoms with van der Waals surface area (Å²) in [5.74, 6) is -4.93. The van der Waals surface area contributed by atoms with Crippen LogP contribution in [0.25, 0.3) is 0 Å². The van der Waals surface area contributed by atoms with Crippen LogP contribution in [0.3, 0.4) is 0 Å². The molecule has 12 heteroatoms. The molecule has 0 bridgehead atoms. The summed E-state index contributed by atoms with van der Waals surface area (Å²) in [6, 6.07) is 0.914. The smallest absolute Gasteiger partial charge is 0.325 e. The highest BCUT2D eigenvalue weighted by atomic mass is 16.4. The van der Waals surface area contributed by atoms with E-state index in [0.29, 0.717) is 5.56 Å². The molecule has 0 aromatic heterocycles.